The first-order valence-electron chi connectivity index (χ1n) is 8.28. The van der Waals surface area contributed by atoms with Crippen molar-refractivity contribution in [2.75, 3.05) is 6.54 Å². The molecule has 0 saturated carbocycles. The Morgan fingerprint density at radius 1 is 1.20 bits per heavy atom. The van der Waals surface area contributed by atoms with Crippen LogP contribution >= 0.6 is 0 Å². The molecular formula is C20H24FNO3. The Morgan fingerprint density at radius 3 is 2.52 bits per heavy atom. The van der Waals surface area contributed by atoms with E-state index in [2.05, 4.69) is 5.32 Å². The highest BCUT2D eigenvalue weighted by atomic mass is 19.1. The van der Waals surface area contributed by atoms with Crippen LogP contribution < -0.4 is 5.32 Å². The summed E-state index contributed by atoms with van der Waals surface area (Å²) >= 11 is 0. The Kier molecular flexibility index (Phi) is 6.28. The van der Waals surface area contributed by atoms with Crippen molar-refractivity contribution < 1.29 is 19.4 Å². The normalized spacial score (nSPS) is 12.7. The lowest BCUT2D eigenvalue weighted by atomic mass is 9.98. The van der Waals surface area contributed by atoms with Crippen molar-refractivity contribution in [3.63, 3.8) is 0 Å². The Bertz CT molecular complexity index is 708. The predicted molar refractivity (Wildman–Crippen MR) is 94.8 cm³/mol. The molecule has 0 heterocycles. The van der Waals surface area contributed by atoms with Gasteiger partial charge in [0.2, 0.25) is 0 Å². The summed E-state index contributed by atoms with van der Waals surface area (Å²) in [6.45, 7) is 3.54. The SMILES string of the molecule is CC(C)(O)CCc1cccc(C(=O)NC[C@@H](O)c2ccc(F)cc2)c1. The van der Waals surface area contributed by atoms with Crippen molar-refractivity contribution in [2.24, 2.45) is 0 Å². The van der Waals surface area contributed by atoms with E-state index in [-0.39, 0.29) is 18.3 Å². The highest BCUT2D eigenvalue weighted by Crippen LogP contribution is 2.15. The van der Waals surface area contributed by atoms with E-state index in [0.717, 1.165) is 5.56 Å². The van der Waals surface area contributed by atoms with Gasteiger partial charge < -0.3 is 15.5 Å². The van der Waals surface area contributed by atoms with E-state index in [0.29, 0.717) is 24.0 Å². The van der Waals surface area contributed by atoms with Gasteiger partial charge in [-0.15, -0.1) is 0 Å². The van der Waals surface area contributed by atoms with Crippen LogP contribution in [0.4, 0.5) is 4.39 Å². The second kappa shape index (κ2) is 8.23. The van der Waals surface area contributed by atoms with Gasteiger partial charge >= 0.3 is 0 Å². The Labute approximate surface area is 147 Å². The zero-order chi connectivity index (χ0) is 18.4. The maximum Gasteiger partial charge on any atom is 0.251 e. The van der Waals surface area contributed by atoms with Crippen molar-refractivity contribution in [1.82, 2.24) is 5.32 Å². The molecule has 25 heavy (non-hydrogen) atoms. The van der Waals surface area contributed by atoms with Crippen molar-refractivity contribution in [2.45, 2.75) is 38.4 Å². The number of aliphatic hydroxyl groups is 2. The summed E-state index contributed by atoms with van der Waals surface area (Å²) in [5.74, 6) is -0.658. The molecule has 0 aliphatic rings. The Hall–Kier alpha value is -2.24. The summed E-state index contributed by atoms with van der Waals surface area (Å²) in [6.07, 6.45) is 0.368. The topological polar surface area (TPSA) is 69.6 Å². The van der Waals surface area contributed by atoms with Crippen LogP contribution in [0, 0.1) is 5.82 Å². The quantitative estimate of drug-likeness (QED) is 0.722. The third-order valence-electron chi connectivity index (χ3n) is 3.93. The van der Waals surface area contributed by atoms with Crippen molar-refractivity contribution in [3.05, 3.63) is 71.0 Å². The molecule has 1 amide bonds. The first kappa shape index (κ1) is 19.1. The van der Waals surface area contributed by atoms with E-state index >= 15 is 0 Å². The van der Waals surface area contributed by atoms with E-state index in [1.54, 1.807) is 32.0 Å². The lowest BCUT2D eigenvalue weighted by Crippen LogP contribution is -2.28. The molecule has 0 radical (unpaired) electrons. The molecule has 0 bridgehead atoms. The summed E-state index contributed by atoms with van der Waals surface area (Å²) in [5, 5.41) is 22.5. The van der Waals surface area contributed by atoms with Crippen LogP contribution in [0.5, 0.6) is 0 Å². The molecule has 4 nitrogen and oxygen atoms in total. The molecule has 0 aliphatic carbocycles. The monoisotopic (exact) mass is 345 g/mol. The van der Waals surface area contributed by atoms with Crippen LogP contribution in [-0.2, 0) is 6.42 Å². The summed E-state index contributed by atoms with van der Waals surface area (Å²) in [5.41, 5.74) is 1.26. The Morgan fingerprint density at radius 2 is 1.88 bits per heavy atom. The zero-order valence-corrected chi connectivity index (χ0v) is 14.5. The third-order valence-corrected chi connectivity index (χ3v) is 3.93. The molecule has 1 atom stereocenters. The standard InChI is InChI=1S/C20H24FNO3/c1-20(2,25)11-10-14-4-3-5-16(12-14)19(24)22-13-18(23)15-6-8-17(21)9-7-15/h3-9,12,18,23,25H,10-11,13H2,1-2H3,(H,22,24)/t18-/m1/s1. The van der Waals surface area contributed by atoms with E-state index in [9.17, 15) is 19.4 Å². The van der Waals surface area contributed by atoms with Crippen molar-refractivity contribution in [3.8, 4) is 0 Å². The molecule has 0 saturated heterocycles. The van der Waals surface area contributed by atoms with Gasteiger partial charge in [0.1, 0.15) is 5.82 Å². The molecule has 134 valence electrons. The van der Waals surface area contributed by atoms with E-state index < -0.39 is 11.7 Å². The molecule has 0 fully saturated rings. The van der Waals surface area contributed by atoms with Gasteiger partial charge in [-0.25, -0.2) is 4.39 Å². The van der Waals surface area contributed by atoms with Gasteiger partial charge in [-0.3, -0.25) is 4.79 Å². The van der Waals surface area contributed by atoms with Gasteiger partial charge in [-0.1, -0.05) is 24.3 Å². The average Bonchev–Trinajstić information content (AvgIpc) is 2.58. The number of halogens is 1. The predicted octanol–water partition coefficient (Wildman–Crippen LogP) is 2.99. The van der Waals surface area contributed by atoms with E-state index in [4.69, 9.17) is 0 Å². The highest BCUT2D eigenvalue weighted by molar-refractivity contribution is 5.94. The molecule has 0 unspecified atom stereocenters. The van der Waals surface area contributed by atoms with Crippen LogP contribution in [0.3, 0.4) is 0 Å². The van der Waals surface area contributed by atoms with Gasteiger partial charge in [-0.05, 0) is 62.1 Å². The number of amides is 1. The summed E-state index contributed by atoms with van der Waals surface area (Å²) in [6, 6.07) is 12.7. The van der Waals surface area contributed by atoms with Crippen LogP contribution in [0.25, 0.3) is 0 Å². The summed E-state index contributed by atoms with van der Waals surface area (Å²) in [4.78, 5) is 12.3. The molecule has 0 spiro atoms. The lowest BCUT2D eigenvalue weighted by Gasteiger charge is -2.17. The maximum absolute atomic E-state index is 12.9. The number of carbonyl (C=O) groups excluding carboxylic acids is 1. The van der Waals surface area contributed by atoms with Gasteiger partial charge in [0.25, 0.3) is 5.91 Å². The minimum absolute atomic E-state index is 0.0400. The van der Waals surface area contributed by atoms with E-state index in [1.165, 1.54) is 24.3 Å². The van der Waals surface area contributed by atoms with Gasteiger partial charge in [-0.2, -0.15) is 0 Å². The molecule has 2 aromatic carbocycles. The first-order chi connectivity index (χ1) is 11.7. The first-order valence-corrected chi connectivity index (χ1v) is 8.28. The van der Waals surface area contributed by atoms with Crippen LogP contribution in [-0.4, -0.2) is 28.3 Å². The van der Waals surface area contributed by atoms with Crippen molar-refractivity contribution >= 4 is 5.91 Å². The molecule has 0 aliphatic heterocycles. The fourth-order valence-electron chi connectivity index (χ4n) is 2.41. The molecule has 0 aromatic heterocycles. The van der Waals surface area contributed by atoms with E-state index in [1.807, 2.05) is 6.07 Å². The average molecular weight is 345 g/mol. The lowest BCUT2D eigenvalue weighted by molar-refractivity contribution is 0.0714. The number of benzene rings is 2. The van der Waals surface area contributed by atoms with Crippen LogP contribution in [0.1, 0.15) is 47.9 Å². The fourth-order valence-corrected chi connectivity index (χ4v) is 2.41. The fraction of sp³-hybridized carbons (Fsp3) is 0.350. The number of rotatable bonds is 7. The molecule has 5 heteroatoms. The minimum atomic E-state index is -0.900. The number of hydrogen-bond acceptors (Lipinski definition) is 3. The van der Waals surface area contributed by atoms with Gasteiger partial charge in [0, 0.05) is 12.1 Å². The second-order valence-electron chi connectivity index (χ2n) is 6.79. The number of hydrogen-bond donors (Lipinski definition) is 3. The molecule has 3 N–H and O–H groups in total. The molecule has 2 aromatic rings. The molecular weight excluding hydrogens is 321 g/mol. The largest absolute Gasteiger partial charge is 0.390 e. The van der Waals surface area contributed by atoms with Crippen LogP contribution in [0.15, 0.2) is 48.5 Å². The highest BCUT2D eigenvalue weighted by Gasteiger charge is 2.14. The maximum atomic E-state index is 12.9. The molecule has 2 rings (SSSR count). The summed E-state index contributed by atoms with van der Waals surface area (Å²) in [7, 11) is 0. The zero-order valence-electron chi connectivity index (χ0n) is 14.5. The van der Waals surface area contributed by atoms with Crippen LogP contribution in [0.2, 0.25) is 0 Å². The number of nitrogens with one attached hydrogen (secondary N) is 1. The number of aliphatic hydroxyl groups excluding tert-OH is 1. The summed E-state index contributed by atoms with van der Waals surface area (Å²) < 4.78 is 12.9. The van der Waals surface area contributed by atoms with Gasteiger partial charge in [0.05, 0.1) is 11.7 Å². The number of carbonyl (C=O) groups is 1. The number of aryl methyl sites for hydroxylation is 1. The van der Waals surface area contributed by atoms with Crippen molar-refractivity contribution in [1.29, 1.82) is 0 Å². The third kappa shape index (κ3) is 6.29. The smallest absolute Gasteiger partial charge is 0.251 e. The van der Waals surface area contributed by atoms with Gasteiger partial charge in [0.15, 0.2) is 0 Å². The second-order valence-corrected chi connectivity index (χ2v) is 6.79. The Balaban J connectivity index is 1.93. The minimum Gasteiger partial charge on any atom is -0.390 e.